The SMILES string of the molecule is NCCn1c(Cc2ccccc2)nc2cccnc21. The first-order chi connectivity index (χ1) is 9.38. The second kappa shape index (κ2) is 5.20. The highest BCUT2D eigenvalue weighted by Crippen LogP contribution is 2.16. The number of nitrogens with zero attached hydrogens (tertiary/aromatic N) is 3. The van der Waals surface area contributed by atoms with Crippen LogP contribution in [0.4, 0.5) is 0 Å². The number of rotatable bonds is 4. The van der Waals surface area contributed by atoms with Gasteiger partial charge in [-0.1, -0.05) is 30.3 Å². The molecule has 0 aliphatic carbocycles. The molecule has 0 saturated heterocycles. The zero-order valence-electron chi connectivity index (χ0n) is 10.7. The third-order valence-electron chi connectivity index (χ3n) is 3.14. The van der Waals surface area contributed by atoms with Crippen LogP contribution in [0, 0.1) is 0 Å². The number of pyridine rings is 1. The van der Waals surface area contributed by atoms with E-state index in [2.05, 4.69) is 26.7 Å². The molecule has 3 rings (SSSR count). The monoisotopic (exact) mass is 252 g/mol. The van der Waals surface area contributed by atoms with Crippen molar-refractivity contribution in [1.82, 2.24) is 14.5 Å². The third-order valence-corrected chi connectivity index (χ3v) is 3.14. The Morgan fingerprint density at radius 1 is 1.05 bits per heavy atom. The quantitative estimate of drug-likeness (QED) is 0.772. The van der Waals surface area contributed by atoms with Gasteiger partial charge in [-0.15, -0.1) is 0 Å². The third kappa shape index (κ3) is 2.35. The molecule has 0 fully saturated rings. The van der Waals surface area contributed by atoms with Crippen LogP contribution < -0.4 is 5.73 Å². The molecule has 0 atom stereocenters. The molecule has 96 valence electrons. The summed E-state index contributed by atoms with van der Waals surface area (Å²) in [6, 6.07) is 14.2. The van der Waals surface area contributed by atoms with Gasteiger partial charge in [-0.3, -0.25) is 0 Å². The Kier molecular flexibility index (Phi) is 3.25. The van der Waals surface area contributed by atoms with Gasteiger partial charge >= 0.3 is 0 Å². The molecule has 0 aliphatic rings. The van der Waals surface area contributed by atoms with Crippen molar-refractivity contribution < 1.29 is 0 Å². The van der Waals surface area contributed by atoms with Gasteiger partial charge in [0.2, 0.25) is 0 Å². The molecule has 0 unspecified atom stereocenters. The number of nitrogens with two attached hydrogens (primary N) is 1. The highest BCUT2D eigenvalue weighted by molar-refractivity contribution is 5.71. The predicted octanol–water partition coefficient (Wildman–Crippen LogP) is 1.98. The van der Waals surface area contributed by atoms with Crippen molar-refractivity contribution in [3.63, 3.8) is 0 Å². The largest absolute Gasteiger partial charge is 0.329 e. The molecule has 0 amide bonds. The predicted molar refractivity (Wildman–Crippen MR) is 75.8 cm³/mol. The van der Waals surface area contributed by atoms with Gasteiger partial charge in [-0.25, -0.2) is 9.97 Å². The van der Waals surface area contributed by atoms with E-state index >= 15 is 0 Å². The van der Waals surface area contributed by atoms with E-state index in [9.17, 15) is 0 Å². The standard InChI is InChI=1S/C15H16N4/c16-8-10-19-14(11-12-5-2-1-3-6-12)18-13-7-4-9-17-15(13)19/h1-7,9H,8,10-11,16H2. The minimum atomic E-state index is 0.587. The van der Waals surface area contributed by atoms with E-state index in [4.69, 9.17) is 5.73 Å². The number of hydrogen-bond acceptors (Lipinski definition) is 3. The molecule has 1 aromatic carbocycles. The second-order valence-electron chi connectivity index (χ2n) is 4.48. The minimum Gasteiger partial charge on any atom is -0.329 e. The lowest BCUT2D eigenvalue weighted by Gasteiger charge is -2.06. The number of fused-ring (bicyclic) bond motifs is 1. The van der Waals surface area contributed by atoms with Gasteiger partial charge in [0.25, 0.3) is 0 Å². The fourth-order valence-corrected chi connectivity index (χ4v) is 2.28. The number of hydrogen-bond donors (Lipinski definition) is 1. The van der Waals surface area contributed by atoms with E-state index in [0.29, 0.717) is 6.54 Å². The Hall–Kier alpha value is -2.20. The lowest BCUT2D eigenvalue weighted by atomic mass is 10.1. The van der Waals surface area contributed by atoms with E-state index in [1.165, 1.54) is 5.56 Å². The van der Waals surface area contributed by atoms with Crippen molar-refractivity contribution in [2.75, 3.05) is 6.54 Å². The normalized spacial score (nSPS) is 11.0. The van der Waals surface area contributed by atoms with Crippen LogP contribution in [0.1, 0.15) is 11.4 Å². The molecule has 0 saturated carbocycles. The van der Waals surface area contributed by atoms with Gasteiger partial charge in [0.15, 0.2) is 5.65 Å². The maximum atomic E-state index is 5.70. The average molecular weight is 252 g/mol. The fraction of sp³-hybridized carbons (Fsp3) is 0.200. The van der Waals surface area contributed by atoms with Crippen LogP contribution >= 0.6 is 0 Å². The van der Waals surface area contributed by atoms with E-state index < -0.39 is 0 Å². The summed E-state index contributed by atoms with van der Waals surface area (Å²) >= 11 is 0. The molecule has 2 aromatic heterocycles. The van der Waals surface area contributed by atoms with Crippen molar-refractivity contribution in [2.45, 2.75) is 13.0 Å². The summed E-state index contributed by atoms with van der Waals surface area (Å²) in [4.78, 5) is 9.08. The van der Waals surface area contributed by atoms with Crippen molar-refractivity contribution >= 4 is 11.2 Å². The van der Waals surface area contributed by atoms with Gasteiger partial charge in [-0.05, 0) is 17.7 Å². The Morgan fingerprint density at radius 2 is 1.89 bits per heavy atom. The van der Waals surface area contributed by atoms with E-state index in [-0.39, 0.29) is 0 Å². The first-order valence-corrected chi connectivity index (χ1v) is 6.42. The lowest BCUT2D eigenvalue weighted by molar-refractivity contribution is 0.684. The maximum absolute atomic E-state index is 5.70. The molecular weight excluding hydrogens is 236 g/mol. The summed E-state index contributed by atoms with van der Waals surface area (Å²) in [6.07, 6.45) is 2.60. The molecule has 4 nitrogen and oxygen atoms in total. The zero-order valence-corrected chi connectivity index (χ0v) is 10.7. The lowest BCUT2D eigenvalue weighted by Crippen LogP contribution is -2.13. The van der Waals surface area contributed by atoms with Gasteiger partial charge in [0.05, 0.1) is 0 Å². The van der Waals surface area contributed by atoms with Crippen molar-refractivity contribution in [1.29, 1.82) is 0 Å². The fourth-order valence-electron chi connectivity index (χ4n) is 2.28. The Bertz CT molecular complexity index is 673. The van der Waals surface area contributed by atoms with Crippen LogP contribution in [0.15, 0.2) is 48.7 Å². The zero-order chi connectivity index (χ0) is 13.1. The van der Waals surface area contributed by atoms with E-state index in [1.54, 1.807) is 6.20 Å². The van der Waals surface area contributed by atoms with E-state index in [1.807, 2.05) is 30.3 Å². The summed E-state index contributed by atoms with van der Waals surface area (Å²) in [5.41, 5.74) is 8.79. The molecule has 2 heterocycles. The highest BCUT2D eigenvalue weighted by atomic mass is 15.1. The Morgan fingerprint density at radius 3 is 2.68 bits per heavy atom. The van der Waals surface area contributed by atoms with Gasteiger partial charge in [-0.2, -0.15) is 0 Å². The molecule has 19 heavy (non-hydrogen) atoms. The first kappa shape index (κ1) is 11.9. The van der Waals surface area contributed by atoms with Crippen LogP contribution in [0.3, 0.4) is 0 Å². The van der Waals surface area contributed by atoms with E-state index in [0.717, 1.165) is 30.0 Å². The molecular formula is C15H16N4. The summed E-state index contributed by atoms with van der Waals surface area (Å²) in [7, 11) is 0. The first-order valence-electron chi connectivity index (χ1n) is 6.42. The van der Waals surface area contributed by atoms with Crippen molar-refractivity contribution in [3.8, 4) is 0 Å². The number of imidazole rings is 1. The molecule has 0 aliphatic heterocycles. The van der Waals surface area contributed by atoms with Gasteiger partial charge in [0.1, 0.15) is 11.3 Å². The van der Waals surface area contributed by atoms with Crippen LogP contribution in [0.5, 0.6) is 0 Å². The topological polar surface area (TPSA) is 56.7 Å². The van der Waals surface area contributed by atoms with Crippen molar-refractivity contribution in [2.24, 2.45) is 5.73 Å². The van der Waals surface area contributed by atoms with Crippen molar-refractivity contribution in [3.05, 3.63) is 60.0 Å². The van der Waals surface area contributed by atoms with Crippen LogP contribution in [-0.2, 0) is 13.0 Å². The summed E-state index contributed by atoms with van der Waals surface area (Å²) in [6.45, 7) is 1.33. The molecule has 3 aromatic rings. The Labute approximate surface area is 111 Å². The highest BCUT2D eigenvalue weighted by Gasteiger charge is 2.11. The number of aromatic nitrogens is 3. The van der Waals surface area contributed by atoms with Crippen LogP contribution in [0.2, 0.25) is 0 Å². The molecule has 0 spiro atoms. The molecule has 4 heteroatoms. The summed E-state index contributed by atoms with van der Waals surface area (Å²) in [5, 5.41) is 0. The molecule has 0 bridgehead atoms. The minimum absolute atomic E-state index is 0.587. The van der Waals surface area contributed by atoms with Gasteiger partial charge < -0.3 is 10.3 Å². The average Bonchev–Trinajstić information content (AvgIpc) is 2.79. The molecule has 2 N–H and O–H groups in total. The molecule has 0 radical (unpaired) electrons. The number of benzene rings is 1. The van der Waals surface area contributed by atoms with Crippen LogP contribution in [0.25, 0.3) is 11.2 Å². The maximum Gasteiger partial charge on any atom is 0.160 e. The smallest absolute Gasteiger partial charge is 0.160 e. The Balaban J connectivity index is 2.04. The summed E-state index contributed by atoms with van der Waals surface area (Å²) < 4.78 is 2.11. The summed E-state index contributed by atoms with van der Waals surface area (Å²) in [5.74, 6) is 1.02. The second-order valence-corrected chi connectivity index (χ2v) is 4.48. The van der Waals surface area contributed by atoms with Gasteiger partial charge in [0, 0.05) is 25.7 Å². The van der Waals surface area contributed by atoms with Crippen LogP contribution in [-0.4, -0.2) is 21.1 Å².